The van der Waals surface area contributed by atoms with Crippen LogP contribution in [0.2, 0.25) is 0 Å². The third-order valence-electron chi connectivity index (χ3n) is 4.88. The summed E-state index contributed by atoms with van der Waals surface area (Å²) in [5, 5.41) is 1.48. The fourth-order valence-electron chi connectivity index (χ4n) is 3.48. The second kappa shape index (κ2) is 8.25. The van der Waals surface area contributed by atoms with Crippen LogP contribution in [-0.4, -0.2) is 49.4 Å². The standard InChI is InChI=1S/C20H23N3O4S2/c1-11-17(28-12(2)21-11)19(24)23(10-13-6-5-9-27-13)20-22-16-14(25-3)7-8-15(26-4)18(16)29-20/h7-8,13H,5-6,9-10H2,1-4H3. The Hall–Kier alpha value is -2.23. The zero-order valence-electron chi connectivity index (χ0n) is 16.9. The largest absolute Gasteiger partial charge is 0.495 e. The molecule has 0 saturated carbocycles. The number of methoxy groups -OCH3 is 2. The van der Waals surface area contributed by atoms with Crippen LogP contribution < -0.4 is 14.4 Å². The number of carbonyl (C=O) groups excluding carboxylic acids is 1. The van der Waals surface area contributed by atoms with Crippen LogP contribution in [0, 0.1) is 13.8 Å². The Labute approximate surface area is 177 Å². The second-order valence-electron chi connectivity index (χ2n) is 6.84. The van der Waals surface area contributed by atoms with E-state index in [4.69, 9.17) is 19.2 Å². The van der Waals surface area contributed by atoms with Gasteiger partial charge < -0.3 is 14.2 Å². The SMILES string of the molecule is COc1ccc(OC)c2sc(N(CC3CCCO3)C(=O)c3sc(C)nc3C)nc12. The Morgan fingerprint density at radius 2 is 1.97 bits per heavy atom. The number of rotatable bonds is 6. The number of aromatic nitrogens is 2. The van der Waals surface area contributed by atoms with Gasteiger partial charge in [0.1, 0.15) is 26.6 Å². The topological polar surface area (TPSA) is 73.8 Å². The van der Waals surface area contributed by atoms with Gasteiger partial charge in [-0.1, -0.05) is 11.3 Å². The number of fused-ring (bicyclic) bond motifs is 1. The summed E-state index contributed by atoms with van der Waals surface area (Å²) in [5.74, 6) is 1.26. The van der Waals surface area contributed by atoms with Crippen molar-refractivity contribution in [2.45, 2.75) is 32.8 Å². The first-order valence-electron chi connectivity index (χ1n) is 9.40. The van der Waals surface area contributed by atoms with E-state index in [1.807, 2.05) is 26.0 Å². The van der Waals surface area contributed by atoms with E-state index in [9.17, 15) is 4.79 Å². The first-order chi connectivity index (χ1) is 14.0. The molecule has 2 aromatic heterocycles. The Bertz CT molecular complexity index is 999. The minimum absolute atomic E-state index is 0.00378. The van der Waals surface area contributed by atoms with Crippen LogP contribution in [-0.2, 0) is 4.74 Å². The maximum Gasteiger partial charge on any atom is 0.272 e. The van der Waals surface area contributed by atoms with Crippen molar-refractivity contribution in [2.24, 2.45) is 0 Å². The lowest BCUT2D eigenvalue weighted by Crippen LogP contribution is -2.37. The molecule has 1 aliphatic rings. The molecular formula is C20H23N3O4S2. The van der Waals surface area contributed by atoms with Crippen molar-refractivity contribution in [1.29, 1.82) is 0 Å². The highest BCUT2D eigenvalue weighted by atomic mass is 32.1. The quantitative estimate of drug-likeness (QED) is 0.580. The summed E-state index contributed by atoms with van der Waals surface area (Å²) in [6.07, 6.45) is 1.94. The highest BCUT2D eigenvalue weighted by Gasteiger charge is 2.30. The molecule has 1 aliphatic heterocycles. The molecular weight excluding hydrogens is 410 g/mol. The molecule has 0 N–H and O–H groups in total. The molecule has 1 saturated heterocycles. The summed E-state index contributed by atoms with van der Waals surface area (Å²) in [4.78, 5) is 25.0. The van der Waals surface area contributed by atoms with Gasteiger partial charge in [0.05, 0.1) is 37.6 Å². The molecule has 29 heavy (non-hydrogen) atoms. The van der Waals surface area contributed by atoms with Gasteiger partial charge in [-0.15, -0.1) is 11.3 Å². The molecule has 1 amide bonds. The molecule has 1 atom stereocenters. The number of anilines is 1. The van der Waals surface area contributed by atoms with Crippen LogP contribution in [0.25, 0.3) is 10.2 Å². The monoisotopic (exact) mass is 433 g/mol. The van der Waals surface area contributed by atoms with E-state index < -0.39 is 0 Å². The fourth-order valence-corrected chi connectivity index (χ4v) is 5.43. The van der Waals surface area contributed by atoms with Gasteiger partial charge in [-0.25, -0.2) is 9.97 Å². The molecule has 0 aliphatic carbocycles. The van der Waals surface area contributed by atoms with Crippen molar-refractivity contribution in [2.75, 3.05) is 32.3 Å². The Morgan fingerprint density at radius 3 is 2.59 bits per heavy atom. The molecule has 9 heteroatoms. The number of carbonyl (C=O) groups is 1. The predicted molar refractivity (Wildman–Crippen MR) is 115 cm³/mol. The summed E-state index contributed by atoms with van der Waals surface area (Å²) < 4.78 is 17.6. The van der Waals surface area contributed by atoms with E-state index in [1.54, 1.807) is 19.1 Å². The fraction of sp³-hybridized carbons (Fsp3) is 0.450. The molecule has 0 spiro atoms. The van der Waals surface area contributed by atoms with Gasteiger partial charge in [0.2, 0.25) is 0 Å². The van der Waals surface area contributed by atoms with Crippen molar-refractivity contribution < 1.29 is 19.0 Å². The minimum atomic E-state index is -0.0967. The summed E-state index contributed by atoms with van der Waals surface area (Å²) in [7, 11) is 3.23. The Balaban J connectivity index is 1.80. The van der Waals surface area contributed by atoms with E-state index in [2.05, 4.69) is 4.98 Å². The van der Waals surface area contributed by atoms with Crippen LogP contribution in [0.5, 0.6) is 11.5 Å². The van der Waals surface area contributed by atoms with Crippen LogP contribution in [0.3, 0.4) is 0 Å². The molecule has 1 unspecified atom stereocenters. The number of nitrogens with zero attached hydrogens (tertiary/aromatic N) is 3. The van der Waals surface area contributed by atoms with Crippen molar-refractivity contribution >= 4 is 43.9 Å². The van der Waals surface area contributed by atoms with Crippen molar-refractivity contribution in [3.63, 3.8) is 0 Å². The lowest BCUT2D eigenvalue weighted by Gasteiger charge is -2.22. The normalized spacial score (nSPS) is 16.3. The second-order valence-corrected chi connectivity index (χ2v) is 9.02. The molecule has 3 heterocycles. The maximum atomic E-state index is 13.5. The number of amides is 1. The lowest BCUT2D eigenvalue weighted by molar-refractivity contribution is 0.0920. The van der Waals surface area contributed by atoms with E-state index in [0.717, 1.165) is 34.8 Å². The smallest absolute Gasteiger partial charge is 0.272 e. The predicted octanol–water partition coefficient (Wildman–Crippen LogP) is 4.21. The lowest BCUT2D eigenvalue weighted by atomic mass is 10.2. The van der Waals surface area contributed by atoms with Crippen LogP contribution >= 0.6 is 22.7 Å². The molecule has 7 nitrogen and oxygen atoms in total. The number of thiazole rings is 2. The Kier molecular flexibility index (Phi) is 5.71. The summed E-state index contributed by atoms with van der Waals surface area (Å²) in [6.45, 7) is 4.96. The van der Waals surface area contributed by atoms with E-state index in [1.165, 1.54) is 22.7 Å². The maximum absolute atomic E-state index is 13.5. The molecule has 1 aromatic carbocycles. The van der Waals surface area contributed by atoms with Crippen molar-refractivity contribution in [3.8, 4) is 11.5 Å². The van der Waals surface area contributed by atoms with Crippen LogP contribution in [0.1, 0.15) is 33.2 Å². The highest BCUT2D eigenvalue weighted by molar-refractivity contribution is 7.23. The number of aryl methyl sites for hydroxylation is 2. The van der Waals surface area contributed by atoms with Crippen LogP contribution in [0.15, 0.2) is 12.1 Å². The molecule has 1 fully saturated rings. The van der Waals surface area contributed by atoms with Gasteiger partial charge >= 0.3 is 0 Å². The average Bonchev–Trinajstić information content (AvgIpc) is 3.44. The first kappa shape index (κ1) is 20.1. The summed E-state index contributed by atoms with van der Waals surface area (Å²) >= 11 is 2.83. The molecule has 0 radical (unpaired) electrons. The zero-order chi connectivity index (χ0) is 20.5. The number of hydrogen-bond donors (Lipinski definition) is 0. The van der Waals surface area contributed by atoms with Gasteiger partial charge in [0.15, 0.2) is 5.13 Å². The number of ether oxygens (including phenoxy) is 3. The van der Waals surface area contributed by atoms with Gasteiger partial charge in [-0.3, -0.25) is 9.69 Å². The van der Waals surface area contributed by atoms with E-state index >= 15 is 0 Å². The summed E-state index contributed by atoms with van der Waals surface area (Å²) in [5.41, 5.74) is 1.43. The Morgan fingerprint density at radius 1 is 1.21 bits per heavy atom. The first-order valence-corrected chi connectivity index (χ1v) is 11.0. The minimum Gasteiger partial charge on any atom is -0.495 e. The molecule has 0 bridgehead atoms. The van der Waals surface area contributed by atoms with Gasteiger partial charge in [-0.2, -0.15) is 0 Å². The molecule has 154 valence electrons. The highest BCUT2D eigenvalue weighted by Crippen LogP contribution is 2.41. The average molecular weight is 434 g/mol. The summed E-state index contributed by atoms with van der Waals surface area (Å²) in [6, 6.07) is 3.68. The number of benzene rings is 1. The van der Waals surface area contributed by atoms with Gasteiger partial charge in [-0.05, 0) is 38.8 Å². The number of hydrogen-bond acceptors (Lipinski definition) is 8. The van der Waals surface area contributed by atoms with E-state index in [0.29, 0.717) is 33.6 Å². The third-order valence-corrected chi connectivity index (χ3v) is 7.04. The van der Waals surface area contributed by atoms with Crippen LogP contribution in [0.4, 0.5) is 5.13 Å². The third kappa shape index (κ3) is 3.82. The van der Waals surface area contributed by atoms with Gasteiger partial charge in [0.25, 0.3) is 5.91 Å². The van der Waals surface area contributed by atoms with Crippen molar-refractivity contribution in [1.82, 2.24) is 9.97 Å². The van der Waals surface area contributed by atoms with Crippen molar-refractivity contribution in [3.05, 3.63) is 27.7 Å². The zero-order valence-corrected chi connectivity index (χ0v) is 18.5. The molecule has 4 rings (SSSR count). The van der Waals surface area contributed by atoms with E-state index in [-0.39, 0.29) is 12.0 Å². The molecule has 3 aromatic rings. The van der Waals surface area contributed by atoms with Gasteiger partial charge in [0, 0.05) is 6.61 Å².